The number of hydrogen-bond donors (Lipinski definition) is 1. The van der Waals surface area contributed by atoms with Gasteiger partial charge in [-0.1, -0.05) is 60.7 Å². The van der Waals surface area contributed by atoms with Crippen molar-refractivity contribution in [1.82, 2.24) is 4.90 Å². The predicted molar refractivity (Wildman–Crippen MR) is 90.7 cm³/mol. The summed E-state index contributed by atoms with van der Waals surface area (Å²) in [7, 11) is 0. The van der Waals surface area contributed by atoms with Crippen molar-refractivity contribution in [3.8, 4) is 0 Å². The minimum Gasteiger partial charge on any atom is -0.396 e. The standard InChI is InChI=1S/C20H25NO/c1-16-20(18-11-6-3-7-12-18)19(13-8-14-22)21(16)15-17-9-4-2-5-10-17/h2-7,9-12,16,19-20,22H,8,13-15H2,1H3/t16-,19+,20+/m0/s1. The molecule has 1 aliphatic heterocycles. The minimum absolute atomic E-state index is 0.283. The largest absolute Gasteiger partial charge is 0.396 e. The van der Waals surface area contributed by atoms with E-state index in [9.17, 15) is 5.11 Å². The van der Waals surface area contributed by atoms with Crippen molar-refractivity contribution in [1.29, 1.82) is 0 Å². The summed E-state index contributed by atoms with van der Waals surface area (Å²) in [5, 5.41) is 9.21. The Morgan fingerprint density at radius 2 is 1.59 bits per heavy atom. The van der Waals surface area contributed by atoms with Gasteiger partial charge in [-0.25, -0.2) is 0 Å². The third kappa shape index (κ3) is 3.08. The van der Waals surface area contributed by atoms with Crippen molar-refractivity contribution in [3.05, 3.63) is 71.8 Å². The lowest BCUT2D eigenvalue weighted by atomic mass is 9.73. The first-order valence-corrected chi connectivity index (χ1v) is 8.26. The molecule has 0 radical (unpaired) electrons. The van der Waals surface area contributed by atoms with Crippen LogP contribution in [0.2, 0.25) is 0 Å². The Kier molecular flexibility index (Phi) is 4.91. The van der Waals surface area contributed by atoms with Crippen LogP contribution in [0, 0.1) is 0 Å². The van der Waals surface area contributed by atoms with Gasteiger partial charge in [-0.3, -0.25) is 4.90 Å². The van der Waals surface area contributed by atoms with Crippen molar-refractivity contribution < 1.29 is 5.11 Å². The molecule has 22 heavy (non-hydrogen) atoms. The van der Waals surface area contributed by atoms with Gasteiger partial charge >= 0.3 is 0 Å². The first-order valence-electron chi connectivity index (χ1n) is 8.26. The molecular formula is C20H25NO. The van der Waals surface area contributed by atoms with Gasteiger partial charge in [-0.2, -0.15) is 0 Å². The molecule has 3 rings (SSSR count). The molecule has 1 aliphatic rings. The Balaban J connectivity index is 1.76. The molecular weight excluding hydrogens is 270 g/mol. The molecule has 2 aromatic carbocycles. The molecule has 0 aliphatic carbocycles. The molecule has 0 aromatic heterocycles. The molecule has 2 aromatic rings. The maximum absolute atomic E-state index is 9.21. The van der Waals surface area contributed by atoms with Gasteiger partial charge in [0.25, 0.3) is 0 Å². The van der Waals surface area contributed by atoms with Crippen LogP contribution in [-0.4, -0.2) is 28.7 Å². The Bertz CT molecular complexity index is 569. The normalized spacial score (nSPS) is 24.9. The average molecular weight is 295 g/mol. The Morgan fingerprint density at radius 3 is 2.23 bits per heavy atom. The van der Waals surface area contributed by atoms with Crippen LogP contribution in [0.1, 0.15) is 36.8 Å². The first kappa shape index (κ1) is 15.3. The van der Waals surface area contributed by atoms with Crippen LogP contribution in [-0.2, 0) is 6.54 Å². The van der Waals surface area contributed by atoms with E-state index >= 15 is 0 Å². The SMILES string of the molecule is C[C@H]1[C@H](c2ccccc2)[C@@H](CCCO)N1Cc1ccccc1. The average Bonchev–Trinajstić information content (AvgIpc) is 2.58. The number of benzene rings is 2. The van der Waals surface area contributed by atoms with Gasteiger partial charge in [-0.15, -0.1) is 0 Å². The highest BCUT2D eigenvalue weighted by molar-refractivity contribution is 5.28. The van der Waals surface area contributed by atoms with Crippen molar-refractivity contribution in [2.24, 2.45) is 0 Å². The highest BCUT2D eigenvalue weighted by Crippen LogP contribution is 2.43. The second-order valence-corrected chi connectivity index (χ2v) is 6.27. The molecule has 2 nitrogen and oxygen atoms in total. The number of likely N-dealkylation sites (tertiary alicyclic amines) is 1. The summed E-state index contributed by atoms with van der Waals surface area (Å²) >= 11 is 0. The molecule has 0 saturated carbocycles. The van der Waals surface area contributed by atoms with Gasteiger partial charge in [0.15, 0.2) is 0 Å². The van der Waals surface area contributed by atoms with Crippen LogP contribution < -0.4 is 0 Å². The maximum atomic E-state index is 9.21. The maximum Gasteiger partial charge on any atom is 0.0431 e. The third-order valence-electron chi connectivity index (χ3n) is 4.93. The highest BCUT2D eigenvalue weighted by atomic mass is 16.2. The van der Waals surface area contributed by atoms with Gasteiger partial charge in [0, 0.05) is 31.2 Å². The molecule has 0 spiro atoms. The molecule has 0 bridgehead atoms. The van der Waals surface area contributed by atoms with Gasteiger partial charge < -0.3 is 5.11 Å². The molecule has 1 N–H and O–H groups in total. The van der Waals surface area contributed by atoms with E-state index < -0.39 is 0 Å². The first-order chi connectivity index (χ1) is 10.8. The smallest absolute Gasteiger partial charge is 0.0431 e. The topological polar surface area (TPSA) is 23.5 Å². The number of hydrogen-bond acceptors (Lipinski definition) is 2. The molecule has 0 amide bonds. The van der Waals surface area contributed by atoms with Crippen molar-refractivity contribution >= 4 is 0 Å². The van der Waals surface area contributed by atoms with Crippen molar-refractivity contribution in [3.63, 3.8) is 0 Å². The van der Waals surface area contributed by atoms with Gasteiger partial charge in [0.2, 0.25) is 0 Å². The fourth-order valence-electron chi connectivity index (χ4n) is 3.81. The third-order valence-corrected chi connectivity index (χ3v) is 4.93. The number of aliphatic hydroxyl groups excluding tert-OH is 1. The van der Waals surface area contributed by atoms with Crippen molar-refractivity contribution in [2.75, 3.05) is 6.61 Å². The number of rotatable bonds is 6. The molecule has 1 saturated heterocycles. The van der Waals surface area contributed by atoms with E-state index in [1.807, 2.05) is 0 Å². The summed E-state index contributed by atoms with van der Waals surface area (Å²) < 4.78 is 0. The van der Waals surface area contributed by atoms with E-state index in [1.54, 1.807) is 0 Å². The summed E-state index contributed by atoms with van der Waals surface area (Å²) in [6.07, 6.45) is 1.94. The predicted octanol–water partition coefficient (Wildman–Crippen LogP) is 3.82. The quantitative estimate of drug-likeness (QED) is 0.876. The second kappa shape index (κ2) is 7.08. The zero-order valence-electron chi connectivity index (χ0n) is 13.2. The van der Waals surface area contributed by atoms with Crippen molar-refractivity contribution in [2.45, 2.75) is 44.3 Å². The molecule has 1 heterocycles. The molecule has 2 heteroatoms. The van der Waals surface area contributed by atoms with E-state index in [0.29, 0.717) is 18.0 Å². The Hall–Kier alpha value is -1.64. The summed E-state index contributed by atoms with van der Waals surface area (Å²) in [4.78, 5) is 2.59. The summed E-state index contributed by atoms with van der Waals surface area (Å²) in [5.41, 5.74) is 2.80. The van der Waals surface area contributed by atoms with Crippen LogP contribution in [0.5, 0.6) is 0 Å². The molecule has 3 atom stereocenters. The van der Waals surface area contributed by atoms with E-state index in [0.717, 1.165) is 19.4 Å². The van der Waals surface area contributed by atoms with Crippen LogP contribution >= 0.6 is 0 Å². The van der Waals surface area contributed by atoms with Crippen LogP contribution in [0.25, 0.3) is 0 Å². The zero-order chi connectivity index (χ0) is 15.4. The lowest BCUT2D eigenvalue weighted by Crippen LogP contribution is -2.60. The molecule has 0 unspecified atom stereocenters. The summed E-state index contributed by atoms with van der Waals surface area (Å²) in [6, 6.07) is 22.6. The summed E-state index contributed by atoms with van der Waals surface area (Å²) in [5.74, 6) is 0.580. The Labute approximate surface area is 133 Å². The number of nitrogens with zero attached hydrogens (tertiary/aromatic N) is 1. The molecule has 116 valence electrons. The lowest BCUT2D eigenvalue weighted by molar-refractivity contribution is -0.0197. The minimum atomic E-state index is 0.283. The van der Waals surface area contributed by atoms with E-state index in [2.05, 4.69) is 72.5 Å². The van der Waals surface area contributed by atoms with Crippen LogP contribution in [0.3, 0.4) is 0 Å². The monoisotopic (exact) mass is 295 g/mol. The number of aliphatic hydroxyl groups is 1. The van der Waals surface area contributed by atoms with Gasteiger partial charge in [0.1, 0.15) is 0 Å². The summed E-state index contributed by atoms with van der Waals surface area (Å²) in [6.45, 7) is 3.61. The van der Waals surface area contributed by atoms with E-state index in [1.165, 1.54) is 11.1 Å². The van der Waals surface area contributed by atoms with E-state index in [4.69, 9.17) is 0 Å². The lowest BCUT2D eigenvalue weighted by Gasteiger charge is -2.55. The second-order valence-electron chi connectivity index (χ2n) is 6.27. The fraction of sp³-hybridized carbons (Fsp3) is 0.400. The fourth-order valence-corrected chi connectivity index (χ4v) is 3.81. The molecule has 1 fully saturated rings. The van der Waals surface area contributed by atoms with Crippen LogP contribution in [0.4, 0.5) is 0 Å². The highest BCUT2D eigenvalue weighted by Gasteiger charge is 2.45. The van der Waals surface area contributed by atoms with E-state index in [-0.39, 0.29) is 6.61 Å². The van der Waals surface area contributed by atoms with Crippen LogP contribution in [0.15, 0.2) is 60.7 Å². The van der Waals surface area contributed by atoms with Gasteiger partial charge in [0.05, 0.1) is 0 Å². The van der Waals surface area contributed by atoms with Gasteiger partial charge in [-0.05, 0) is 30.9 Å². The Morgan fingerprint density at radius 1 is 0.955 bits per heavy atom. The zero-order valence-corrected chi connectivity index (χ0v) is 13.2.